The minimum Gasteiger partial charge on any atom is -0.493 e. The van der Waals surface area contributed by atoms with Crippen LogP contribution in [0.15, 0.2) is 18.2 Å². The van der Waals surface area contributed by atoms with Crippen molar-refractivity contribution in [2.75, 3.05) is 13.2 Å². The lowest BCUT2D eigenvalue weighted by atomic mass is 9.93. The van der Waals surface area contributed by atoms with Gasteiger partial charge in [0.15, 0.2) is 0 Å². The number of rotatable bonds is 7. The van der Waals surface area contributed by atoms with Crippen LogP contribution in [-0.4, -0.2) is 19.3 Å². The molecule has 2 rings (SSSR count). The summed E-state index contributed by atoms with van der Waals surface area (Å²) in [5, 5.41) is 0. The van der Waals surface area contributed by atoms with E-state index >= 15 is 0 Å². The largest absolute Gasteiger partial charge is 0.493 e. The first-order valence-electron chi connectivity index (χ1n) is 9.03. The summed E-state index contributed by atoms with van der Waals surface area (Å²) in [5.41, 5.74) is 0.955. The van der Waals surface area contributed by atoms with E-state index in [9.17, 15) is 13.2 Å². The van der Waals surface area contributed by atoms with E-state index in [0.717, 1.165) is 24.8 Å². The molecule has 25 heavy (non-hydrogen) atoms. The maximum atomic E-state index is 13.5. The first kappa shape index (κ1) is 19.8. The van der Waals surface area contributed by atoms with Gasteiger partial charge in [-0.05, 0) is 49.5 Å². The van der Waals surface area contributed by atoms with Gasteiger partial charge >= 0.3 is 6.18 Å². The van der Waals surface area contributed by atoms with Crippen LogP contribution < -0.4 is 4.74 Å². The summed E-state index contributed by atoms with van der Waals surface area (Å²) in [6.07, 6.45) is 3.01. The normalized spacial score (nSPS) is 18.2. The molecular formula is C20H27F3O2. The van der Waals surface area contributed by atoms with Crippen LogP contribution in [0.4, 0.5) is 13.2 Å². The average molecular weight is 356 g/mol. The van der Waals surface area contributed by atoms with Crippen LogP contribution in [0.25, 0.3) is 5.57 Å². The standard InChI is InChI=1S/C20H27F3O2/c1-4-6-7-8-16-10-9-15(13-25-16)17-11-12-18(24-5-2)19(14(17)3)20(21,22)23/h9,11-12,16H,4-8,10,13H2,1-3H3. The van der Waals surface area contributed by atoms with E-state index in [1.165, 1.54) is 25.8 Å². The highest BCUT2D eigenvalue weighted by Crippen LogP contribution is 2.41. The highest BCUT2D eigenvalue weighted by Gasteiger charge is 2.37. The van der Waals surface area contributed by atoms with Gasteiger partial charge in [0.1, 0.15) is 11.3 Å². The molecule has 0 fully saturated rings. The number of hydrogen-bond donors (Lipinski definition) is 0. The predicted molar refractivity (Wildman–Crippen MR) is 93.8 cm³/mol. The maximum Gasteiger partial charge on any atom is 0.420 e. The molecule has 1 aliphatic rings. The Balaban J connectivity index is 2.23. The van der Waals surface area contributed by atoms with Gasteiger partial charge in [-0.2, -0.15) is 13.2 Å². The summed E-state index contributed by atoms with van der Waals surface area (Å²) in [4.78, 5) is 0. The van der Waals surface area contributed by atoms with Gasteiger partial charge in [-0.3, -0.25) is 0 Å². The van der Waals surface area contributed by atoms with E-state index in [2.05, 4.69) is 6.92 Å². The van der Waals surface area contributed by atoms with Crippen LogP contribution in [0.2, 0.25) is 0 Å². The summed E-state index contributed by atoms with van der Waals surface area (Å²) < 4.78 is 51.5. The minimum absolute atomic E-state index is 0.106. The third-order valence-corrected chi connectivity index (χ3v) is 4.59. The quantitative estimate of drug-likeness (QED) is 0.544. The lowest BCUT2D eigenvalue weighted by molar-refractivity contribution is -0.139. The number of halogens is 3. The van der Waals surface area contributed by atoms with Crippen molar-refractivity contribution in [1.29, 1.82) is 0 Å². The van der Waals surface area contributed by atoms with Crippen molar-refractivity contribution in [3.63, 3.8) is 0 Å². The summed E-state index contributed by atoms with van der Waals surface area (Å²) >= 11 is 0. The molecule has 140 valence electrons. The van der Waals surface area contributed by atoms with Gasteiger partial charge in [0, 0.05) is 0 Å². The van der Waals surface area contributed by atoms with Crippen LogP contribution >= 0.6 is 0 Å². The molecule has 0 aliphatic carbocycles. The van der Waals surface area contributed by atoms with Crippen LogP contribution in [0, 0.1) is 6.92 Å². The Bertz CT molecular complexity index is 606. The van der Waals surface area contributed by atoms with Crippen LogP contribution in [0.5, 0.6) is 5.75 Å². The first-order valence-corrected chi connectivity index (χ1v) is 9.03. The zero-order valence-electron chi connectivity index (χ0n) is 15.2. The molecule has 1 aliphatic heterocycles. The number of alkyl halides is 3. The molecule has 1 heterocycles. The van der Waals surface area contributed by atoms with Gasteiger partial charge in [-0.15, -0.1) is 0 Å². The monoisotopic (exact) mass is 356 g/mol. The third-order valence-electron chi connectivity index (χ3n) is 4.59. The number of ether oxygens (including phenoxy) is 2. The van der Waals surface area contributed by atoms with Crippen molar-refractivity contribution >= 4 is 5.57 Å². The Labute approximate surface area is 148 Å². The molecule has 2 nitrogen and oxygen atoms in total. The molecule has 0 aromatic heterocycles. The highest BCUT2D eigenvalue weighted by atomic mass is 19.4. The lowest BCUT2D eigenvalue weighted by Gasteiger charge is -2.25. The average Bonchev–Trinajstić information content (AvgIpc) is 2.55. The maximum absolute atomic E-state index is 13.5. The minimum atomic E-state index is -4.44. The van der Waals surface area contributed by atoms with Gasteiger partial charge in [0.25, 0.3) is 0 Å². The fourth-order valence-corrected chi connectivity index (χ4v) is 3.28. The van der Waals surface area contributed by atoms with Crippen LogP contribution in [0.1, 0.15) is 62.6 Å². The fraction of sp³-hybridized carbons (Fsp3) is 0.600. The number of unbranched alkanes of at least 4 members (excludes halogenated alkanes) is 2. The molecule has 0 saturated carbocycles. The molecule has 0 amide bonds. The molecule has 0 spiro atoms. The Hall–Kier alpha value is -1.49. The smallest absolute Gasteiger partial charge is 0.420 e. The first-order chi connectivity index (χ1) is 11.9. The van der Waals surface area contributed by atoms with E-state index in [1.54, 1.807) is 13.0 Å². The van der Waals surface area contributed by atoms with Crippen molar-refractivity contribution in [2.24, 2.45) is 0 Å². The number of benzene rings is 1. The van der Waals surface area contributed by atoms with Crippen molar-refractivity contribution in [3.05, 3.63) is 34.9 Å². The van der Waals surface area contributed by atoms with E-state index < -0.39 is 11.7 Å². The summed E-state index contributed by atoms with van der Waals surface area (Å²) in [5.74, 6) is -0.106. The van der Waals surface area contributed by atoms with Crippen LogP contribution in [-0.2, 0) is 10.9 Å². The topological polar surface area (TPSA) is 18.5 Å². The SMILES string of the molecule is CCCCCC1CC=C(c2ccc(OCC)c(C(F)(F)F)c2C)CO1. The van der Waals surface area contributed by atoms with Crippen LogP contribution in [0.3, 0.4) is 0 Å². The molecule has 0 N–H and O–H groups in total. The van der Waals surface area contributed by atoms with Gasteiger partial charge in [-0.25, -0.2) is 0 Å². The molecule has 1 aromatic carbocycles. The lowest BCUT2D eigenvalue weighted by Crippen LogP contribution is -2.19. The Morgan fingerprint density at radius 2 is 1.96 bits per heavy atom. The molecule has 0 bridgehead atoms. The second-order valence-corrected chi connectivity index (χ2v) is 6.44. The summed E-state index contributed by atoms with van der Waals surface area (Å²) in [7, 11) is 0. The Kier molecular flexibility index (Phi) is 6.94. The van der Waals surface area contributed by atoms with Gasteiger partial charge < -0.3 is 9.47 Å². The summed E-state index contributed by atoms with van der Waals surface area (Å²) in [6.45, 7) is 5.91. The molecule has 0 radical (unpaired) electrons. The third kappa shape index (κ3) is 5.00. The zero-order chi connectivity index (χ0) is 18.4. The molecular weight excluding hydrogens is 329 g/mol. The second-order valence-electron chi connectivity index (χ2n) is 6.44. The molecule has 1 atom stereocenters. The molecule has 5 heteroatoms. The highest BCUT2D eigenvalue weighted by molar-refractivity contribution is 5.72. The zero-order valence-corrected chi connectivity index (χ0v) is 15.2. The molecule has 0 saturated heterocycles. The van der Waals surface area contributed by atoms with E-state index in [-0.39, 0.29) is 24.0 Å². The van der Waals surface area contributed by atoms with Gasteiger partial charge in [0.05, 0.1) is 19.3 Å². The van der Waals surface area contributed by atoms with Crippen molar-refractivity contribution < 1.29 is 22.6 Å². The van der Waals surface area contributed by atoms with Crippen molar-refractivity contribution in [1.82, 2.24) is 0 Å². The van der Waals surface area contributed by atoms with Gasteiger partial charge in [0.2, 0.25) is 0 Å². The molecule has 1 aromatic rings. The Morgan fingerprint density at radius 3 is 2.52 bits per heavy atom. The van der Waals surface area contributed by atoms with E-state index in [1.807, 2.05) is 6.08 Å². The van der Waals surface area contributed by atoms with Gasteiger partial charge in [-0.1, -0.05) is 38.3 Å². The fourth-order valence-electron chi connectivity index (χ4n) is 3.28. The van der Waals surface area contributed by atoms with Crippen molar-refractivity contribution in [3.8, 4) is 5.75 Å². The molecule has 1 unspecified atom stereocenters. The van der Waals surface area contributed by atoms with Crippen molar-refractivity contribution in [2.45, 2.75) is 65.2 Å². The van der Waals surface area contributed by atoms with E-state index in [4.69, 9.17) is 9.47 Å². The summed E-state index contributed by atoms with van der Waals surface area (Å²) in [6, 6.07) is 3.13. The second kappa shape index (κ2) is 8.75. The number of hydrogen-bond acceptors (Lipinski definition) is 2. The predicted octanol–water partition coefficient (Wildman–Crippen LogP) is 6.17. The Morgan fingerprint density at radius 1 is 1.20 bits per heavy atom. The van der Waals surface area contributed by atoms with E-state index in [0.29, 0.717) is 12.2 Å².